The number of hydrogen-bond donors (Lipinski definition) is 1. The van der Waals surface area contributed by atoms with Gasteiger partial charge >= 0.3 is 0 Å². The van der Waals surface area contributed by atoms with Crippen LogP contribution in [0.5, 0.6) is 0 Å². The molecule has 3 rings (SSSR count). The zero-order valence-electron chi connectivity index (χ0n) is 10.1. The average Bonchev–Trinajstić information content (AvgIpc) is 2.39. The summed E-state index contributed by atoms with van der Waals surface area (Å²) < 4.78 is 0. The molecule has 2 heteroatoms. The number of H-pyrrole nitrogens is 1. The first kappa shape index (κ1) is 10.8. The van der Waals surface area contributed by atoms with Crippen molar-refractivity contribution >= 4 is 10.9 Å². The molecular weight excluding hydrogens is 222 g/mol. The van der Waals surface area contributed by atoms with Crippen LogP contribution in [-0.4, -0.2) is 4.98 Å². The van der Waals surface area contributed by atoms with Crippen molar-refractivity contribution in [2.24, 2.45) is 0 Å². The smallest absolute Gasteiger partial charge is 0.190 e. The first-order valence-corrected chi connectivity index (χ1v) is 5.93. The number of pyridine rings is 1. The van der Waals surface area contributed by atoms with Gasteiger partial charge < -0.3 is 4.98 Å². The predicted molar refractivity (Wildman–Crippen MR) is 74.7 cm³/mol. The van der Waals surface area contributed by atoms with Gasteiger partial charge in [0.05, 0.1) is 0 Å². The van der Waals surface area contributed by atoms with Crippen LogP contribution in [0, 0.1) is 6.92 Å². The average molecular weight is 235 g/mol. The van der Waals surface area contributed by atoms with Crippen LogP contribution in [0.1, 0.15) is 5.56 Å². The molecule has 0 saturated carbocycles. The summed E-state index contributed by atoms with van der Waals surface area (Å²) in [7, 11) is 0. The second-order valence-corrected chi connectivity index (χ2v) is 4.46. The Balaban J connectivity index is 2.28. The Morgan fingerprint density at radius 2 is 1.78 bits per heavy atom. The Kier molecular flexibility index (Phi) is 2.49. The summed E-state index contributed by atoms with van der Waals surface area (Å²) in [4.78, 5) is 15.3. The zero-order valence-corrected chi connectivity index (χ0v) is 10.1. The van der Waals surface area contributed by atoms with Crippen LogP contribution in [0.4, 0.5) is 0 Å². The van der Waals surface area contributed by atoms with Crippen molar-refractivity contribution in [1.29, 1.82) is 0 Å². The fraction of sp³-hybridized carbons (Fsp3) is 0.0625. The van der Waals surface area contributed by atoms with E-state index >= 15 is 0 Å². The lowest BCUT2D eigenvalue weighted by molar-refractivity contribution is 1.36. The van der Waals surface area contributed by atoms with E-state index < -0.39 is 0 Å². The van der Waals surface area contributed by atoms with Crippen molar-refractivity contribution < 1.29 is 0 Å². The van der Waals surface area contributed by atoms with Crippen LogP contribution < -0.4 is 5.43 Å². The molecule has 2 nitrogen and oxygen atoms in total. The first-order chi connectivity index (χ1) is 8.74. The minimum absolute atomic E-state index is 0.0563. The van der Waals surface area contributed by atoms with E-state index in [9.17, 15) is 4.79 Å². The maximum atomic E-state index is 12.0. The third kappa shape index (κ3) is 1.82. The molecule has 0 atom stereocenters. The Bertz CT molecular complexity index is 771. The molecule has 88 valence electrons. The number of fused-ring (bicyclic) bond motifs is 1. The molecule has 1 heterocycles. The van der Waals surface area contributed by atoms with E-state index in [4.69, 9.17) is 0 Å². The number of aromatic amines is 1. The van der Waals surface area contributed by atoms with Crippen molar-refractivity contribution in [1.82, 2.24) is 4.98 Å². The van der Waals surface area contributed by atoms with E-state index in [-0.39, 0.29) is 5.43 Å². The van der Waals surface area contributed by atoms with Crippen LogP contribution >= 0.6 is 0 Å². The highest BCUT2D eigenvalue weighted by molar-refractivity contribution is 5.81. The molecule has 0 aliphatic heterocycles. The molecule has 0 bridgehead atoms. The van der Waals surface area contributed by atoms with E-state index in [1.807, 2.05) is 49.4 Å². The molecule has 18 heavy (non-hydrogen) atoms. The van der Waals surface area contributed by atoms with Gasteiger partial charge in [-0.2, -0.15) is 0 Å². The summed E-state index contributed by atoms with van der Waals surface area (Å²) in [6, 6.07) is 17.4. The van der Waals surface area contributed by atoms with Crippen LogP contribution in [0.15, 0.2) is 59.4 Å². The quantitative estimate of drug-likeness (QED) is 0.688. The van der Waals surface area contributed by atoms with Gasteiger partial charge in [-0.3, -0.25) is 4.79 Å². The van der Waals surface area contributed by atoms with Gasteiger partial charge in [0.1, 0.15) is 0 Å². The molecule has 3 aromatic rings. The SMILES string of the molecule is Cc1cccc(-c2cc(=O)c3ccccc3[nH]2)c1. The highest BCUT2D eigenvalue weighted by Crippen LogP contribution is 2.19. The third-order valence-corrected chi connectivity index (χ3v) is 3.07. The number of rotatable bonds is 1. The molecule has 1 N–H and O–H groups in total. The van der Waals surface area contributed by atoms with Crippen molar-refractivity contribution in [2.75, 3.05) is 0 Å². The van der Waals surface area contributed by atoms with Gasteiger partial charge in [-0.1, -0.05) is 35.9 Å². The Morgan fingerprint density at radius 3 is 2.61 bits per heavy atom. The number of hydrogen-bond acceptors (Lipinski definition) is 1. The van der Waals surface area contributed by atoms with Crippen molar-refractivity contribution in [3.05, 3.63) is 70.4 Å². The molecule has 0 aliphatic rings. The maximum absolute atomic E-state index is 12.0. The molecule has 0 fully saturated rings. The van der Waals surface area contributed by atoms with Gasteiger partial charge in [0.2, 0.25) is 0 Å². The summed E-state index contributed by atoms with van der Waals surface area (Å²) in [5.74, 6) is 0. The van der Waals surface area contributed by atoms with Crippen LogP contribution in [0.2, 0.25) is 0 Å². The number of benzene rings is 2. The van der Waals surface area contributed by atoms with Crippen molar-refractivity contribution in [3.63, 3.8) is 0 Å². The van der Waals surface area contributed by atoms with Gasteiger partial charge in [-0.25, -0.2) is 0 Å². The standard InChI is InChI=1S/C16H13NO/c1-11-5-4-6-12(9-11)15-10-16(18)13-7-2-3-8-14(13)17-15/h2-10H,1H3,(H,17,18). The molecule has 0 radical (unpaired) electrons. The number of aryl methyl sites for hydroxylation is 1. The van der Waals surface area contributed by atoms with Gasteiger partial charge in [-0.15, -0.1) is 0 Å². The van der Waals surface area contributed by atoms with Crippen molar-refractivity contribution in [2.45, 2.75) is 6.92 Å². The number of nitrogens with one attached hydrogen (secondary N) is 1. The normalized spacial score (nSPS) is 10.7. The molecule has 0 aliphatic carbocycles. The van der Waals surface area contributed by atoms with E-state index in [1.165, 1.54) is 5.56 Å². The lowest BCUT2D eigenvalue weighted by Crippen LogP contribution is -2.02. The van der Waals surface area contributed by atoms with Gasteiger partial charge in [-0.05, 0) is 30.7 Å². The number of para-hydroxylation sites is 1. The van der Waals surface area contributed by atoms with Crippen LogP contribution in [0.25, 0.3) is 22.2 Å². The highest BCUT2D eigenvalue weighted by atomic mass is 16.1. The summed E-state index contributed by atoms with van der Waals surface area (Å²) in [6.07, 6.45) is 0. The van der Waals surface area contributed by atoms with Crippen LogP contribution in [-0.2, 0) is 0 Å². The van der Waals surface area contributed by atoms with E-state index in [0.29, 0.717) is 0 Å². The monoisotopic (exact) mass is 235 g/mol. The summed E-state index contributed by atoms with van der Waals surface area (Å²) >= 11 is 0. The Morgan fingerprint density at radius 1 is 0.944 bits per heavy atom. The molecular formula is C16H13NO. The zero-order chi connectivity index (χ0) is 12.5. The van der Waals surface area contributed by atoms with Gasteiger partial charge in [0, 0.05) is 22.7 Å². The second kappa shape index (κ2) is 4.15. The topological polar surface area (TPSA) is 32.9 Å². The molecule has 1 aromatic heterocycles. The second-order valence-electron chi connectivity index (χ2n) is 4.46. The lowest BCUT2D eigenvalue weighted by atomic mass is 10.1. The molecule has 0 saturated heterocycles. The highest BCUT2D eigenvalue weighted by Gasteiger charge is 2.03. The fourth-order valence-electron chi connectivity index (χ4n) is 2.17. The number of aromatic nitrogens is 1. The van der Waals surface area contributed by atoms with Crippen molar-refractivity contribution in [3.8, 4) is 11.3 Å². The summed E-state index contributed by atoms with van der Waals surface area (Å²) in [5, 5.41) is 0.730. The minimum Gasteiger partial charge on any atom is -0.354 e. The fourth-order valence-corrected chi connectivity index (χ4v) is 2.17. The Labute approximate surface area is 105 Å². The lowest BCUT2D eigenvalue weighted by Gasteiger charge is -2.05. The first-order valence-electron chi connectivity index (χ1n) is 5.93. The molecule has 0 spiro atoms. The van der Waals surface area contributed by atoms with Gasteiger partial charge in [0.15, 0.2) is 5.43 Å². The largest absolute Gasteiger partial charge is 0.354 e. The third-order valence-electron chi connectivity index (χ3n) is 3.07. The molecule has 0 amide bonds. The van der Waals surface area contributed by atoms with E-state index in [2.05, 4.69) is 11.1 Å². The van der Waals surface area contributed by atoms with Crippen LogP contribution in [0.3, 0.4) is 0 Å². The van der Waals surface area contributed by atoms with E-state index in [1.54, 1.807) is 6.07 Å². The maximum Gasteiger partial charge on any atom is 0.190 e. The van der Waals surface area contributed by atoms with E-state index in [0.717, 1.165) is 22.2 Å². The summed E-state index contributed by atoms with van der Waals surface area (Å²) in [5.41, 5.74) is 4.02. The molecule has 0 unspecified atom stereocenters. The minimum atomic E-state index is 0.0563. The molecule has 2 aromatic carbocycles. The summed E-state index contributed by atoms with van der Waals surface area (Å²) in [6.45, 7) is 2.04. The predicted octanol–water partition coefficient (Wildman–Crippen LogP) is 3.50. The Hall–Kier alpha value is -2.35. The van der Waals surface area contributed by atoms with Gasteiger partial charge in [0.25, 0.3) is 0 Å².